The molecule has 0 aliphatic heterocycles. The van der Waals surface area contributed by atoms with Gasteiger partial charge in [-0.2, -0.15) is 18.4 Å². The molecule has 0 radical (unpaired) electrons. The van der Waals surface area contributed by atoms with Gasteiger partial charge in [0, 0.05) is 24.8 Å². The second kappa shape index (κ2) is 7.66. The Balaban J connectivity index is 1.92. The maximum absolute atomic E-state index is 12.9. The quantitative estimate of drug-likeness (QED) is 0.863. The van der Waals surface area contributed by atoms with Gasteiger partial charge in [0.15, 0.2) is 0 Å². The average molecular weight is 348 g/mol. The van der Waals surface area contributed by atoms with Crippen molar-refractivity contribution in [1.82, 2.24) is 4.98 Å². The average Bonchev–Trinajstić information content (AvgIpc) is 2.56. The molecule has 1 aromatic heterocycles. The van der Waals surface area contributed by atoms with E-state index in [1.807, 2.05) is 6.92 Å². The Morgan fingerprint density at radius 2 is 2.04 bits per heavy atom. The van der Waals surface area contributed by atoms with Crippen LogP contribution >= 0.6 is 0 Å². The second-order valence-electron chi connectivity index (χ2n) is 5.32. The zero-order chi connectivity index (χ0) is 18.4. The van der Waals surface area contributed by atoms with Gasteiger partial charge in [0.25, 0.3) is 0 Å². The predicted molar refractivity (Wildman–Crippen MR) is 86.9 cm³/mol. The highest BCUT2D eigenvalue weighted by molar-refractivity contribution is 5.90. The van der Waals surface area contributed by atoms with Crippen LogP contribution in [0.25, 0.3) is 0 Å². The van der Waals surface area contributed by atoms with E-state index in [0.29, 0.717) is 5.82 Å². The summed E-state index contributed by atoms with van der Waals surface area (Å²) >= 11 is 0. The molecule has 2 aromatic rings. The number of rotatable bonds is 5. The Morgan fingerprint density at radius 3 is 2.64 bits per heavy atom. The van der Waals surface area contributed by atoms with Crippen molar-refractivity contribution in [2.75, 3.05) is 17.2 Å². The number of nitrogens with zero attached hydrogens (tertiary/aromatic N) is 2. The van der Waals surface area contributed by atoms with Gasteiger partial charge in [0.1, 0.15) is 5.82 Å². The van der Waals surface area contributed by atoms with Crippen LogP contribution in [0, 0.1) is 18.3 Å². The molecule has 1 heterocycles. The van der Waals surface area contributed by atoms with Crippen LogP contribution in [0.2, 0.25) is 0 Å². The molecule has 5 nitrogen and oxygen atoms in total. The van der Waals surface area contributed by atoms with E-state index >= 15 is 0 Å². The van der Waals surface area contributed by atoms with Gasteiger partial charge in [-0.25, -0.2) is 4.98 Å². The van der Waals surface area contributed by atoms with Crippen molar-refractivity contribution in [3.63, 3.8) is 0 Å². The minimum absolute atomic E-state index is 0.0525. The van der Waals surface area contributed by atoms with Crippen molar-refractivity contribution in [2.24, 2.45) is 0 Å². The summed E-state index contributed by atoms with van der Waals surface area (Å²) in [5.41, 5.74) is -0.303. The highest BCUT2D eigenvalue weighted by Crippen LogP contribution is 2.33. The Kier molecular flexibility index (Phi) is 5.60. The number of alkyl halides is 3. The van der Waals surface area contributed by atoms with Crippen LogP contribution in [0.3, 0.4) is 0 Å². The number of carbonyl (C=O) groups excluding carboxylic acids is 1. The molecule has 0 saturated carbocycles. The van der Waals surface area contributed by atoms with E-state index in [0.717, 1.165) is 17.7 Å². The molecule has 1 amide bonds. The van der Waals surface area contributed by atoms with Gasteiger partial charge in [0.2, 0.25) is 5.91 Å². The number of hydrogen-bond donors (Lipinski definition) is 2. The van der Waals surface area contributed by atoms with Crippen molar-refractivity contribution in [3.05, 3.63) is 53.2 Å². The van der Waals surface area contributed by atoms with E-state index in [9.17, 15) is 18.0 Å². The number of aromatic nitrogens is 1. The van der Waals surface area contributed by atoms with Crippen molar-refractivity contribution < 1.29 is 18.0 Å². The number of benzene rings is 1. The number of aryl methyl sites for hydroxylation is 1. The zero-order valence-electron chi connectivity index (χ0n) is 13.3. The van der Waals surface area contributed by atoms with Gasteiger partial charge in [-0.15, -0.1) is 0 Å². The largest absolute Gasteiger partial charge is 0.417 e. The predicted octanol–water partition coefficient (Wildman–Crippen LogP) is 3.72. The smallest absolute Gasteiger partial charge is 0.385 e. The lowest BCUT2D eigenvalue weighted by molar-refractivity contribution is -0.137. The summed E-state index contributed by atoms with van der Waals surface area (Å²) in [5.74, 6) is 0.0990. The van der Waals surface area contributed by atoms with Crippen LogP contribution in [-0.2, 0) is 11.0 Å². The third kappa shape index (κ3) is 5.21. The lowest BCUT2D eigenvalue weighted by Crippen LogP contribution is -2.17. The Labute approximate surface area is 142 Å². The van der Waals surface area contributed by atoms with Gasteiger partial charge in [-0.05, 0) is 36.8 Å². The Morgan fingerprint density at radius 1 is 1.28 bits per heavy atom. The number of nitriles is 1. The lowest BCUT2D eigenvalue weighted by atomic mass is 10.1. The van der Waals surface area contributed by atoms with Gasteiger partial charge in [0.05, 0.1) is 17.2 Å². The summed E-state index contributed by atoms with van der Waals surface area (Å²) in [5, 5.41) is 14.1. The van der Waals surface area contributed by atoms with Crippen molar-refractivity contribution >= 4 is 17.4 Å². The van der Waals surface area contributed by atoms with Crippen LogP contribution in [0.4, 0.5) is 24.7 Å². The van der Waals surface area contributed by atoms with Crippen LogP contribution in [0.5, 0.6) is 0 Å². The third-order valence-corrected chi connectivity index (χ3v) is 3.31. The van der Waals surface area contributed by atoms with Crippen molar-refractivity contribution in [1.29, 1.82) is 5.26 Å². The Bertz CT molecular complexity index is 795. The first-order valence-electron chi connectivity index (χ1n) is 7.37. The number of carbonyl (C=O) groups is 1. The van der Waals surface area contributed by atoms with Crippen LogP contribution < -0.4 is 10.6 Å². The lowest BCUT2D eigenvalue weighted by Gasteiger charge is -2.12. The van der Waals surface area contributed by atoms with Gasteiger partial charge < -0.3 is 10.6 Å². The number of nitrogens with one attached hydrogen (secondary N) is 2. The summed E-state index contributed by atoms with van der Waals surface area (Å²) in [6.07, 6.45) is -2.95. The molecule has 0 fully saturated rings. The molecule has 0 saturated heterocycles. The highest BCUT2D eigenvalue weighted by Gasteiger charge is 2.33. The van der Waals surface area contributed by atoms with Gasteiger partial charge in [-0.1, -0.05) is 6.07 Å². The molecular formula is C17H15F3N4O. The van der Waals surface area contributed by atoms with Crippen molar-refractivity contribution in [3.8, 4) is 6.07 Å². The SMILES string of the molecule is Cc1ccc(NC(=O)CCNc2ccc(C#N)c(C(F)(F)F)c2)nc1. The van der Waals surface area contributed by atoms with E-state index in [4.69, 9.17) is 5.26 Å². The first-order chi connectivity index (χ1) is 11.8. The molecule has 0 unspecified atom stereocenters. The summed E-state index contributed by atoms with van der Waals surface area (Å²) in [6.45, 7) is 2.01. The number of amides is 1. The molecule has 0 aliphatic carbocycles. The monoisotopic (exact) mass is 348 g/mol. The molecule has 25 heavy (non-hydrogen) atoms. The molecular weight excluding hydrogens is 333 g/mol. The first kappa shape index (κ1) is 18.3. The molecule has 0 spiro atoms. The van der Waals surface area contributed by atoms with Crippen LogP contribution in [0.15, 0.2) is 36.5 Å². The van der Waals surface area contributed by atoms with Crippen LogP contribution in [0.1, 0.15) is 23.1 Å². The minimum atomic E-state index is -4.61. The molecule has 0 aliphatic rings. The van der Waals surface area contributed by atoms with Gasteiger partial charge in [-0.3, -0.25) is 4.79 Å². The number of pyridine rings is 1. The van der Waals surface area contributed by atoms with E-state index in [-0.39, 0.29) is 24.6 Å². The van der Waals surface area contributed by atoms with E-state index < -0.39 is 17.3 Å². The van der Waals surface area contributed by atoms with Crippen molar-refractivity contribution in [2.45, 2.75) is 19.5 Å². The standard InChI is InChI=1S/C17H15F3N4O/c1-11-2-5-15(23-10-11)24-16(25)6-7-22-13-4-3-12(9-21)14(8-13)17(18,19)20/h2-5,8,10,22H,6-7H2,1H3,(H,23,24,25). The number of halogens is 3. The molecule has 0 bridgehead atoms. The normalized spacial score (nSPS) is 10.8. The fourth-order valence-corrected chi connectivity index (χ4v) is 2.05. The summed E-state index contributed by atoms with van der Waals surface area (Å²) in [7, 11) is 0. The number of anilines is 2. The second-order valence-corrected chi connectivity index (χ2v) is 5.32. The molecule has 2 rings (SSSR count). The minimum Gasteiger partial charge on any atom is -0.385 e. The molecule has 1 aromatic carbocycles. The molecule has 2 N–H and O–H groups in total. The first-order valence-corrected chi connectivity index (χ1v) is 7.37. The fraction of sp³-hybridized carbons (Fsp3) is 0.235. The zero-order valence-corrected chi connectivity index (χ0v) is 13.3. The summed E-state index contributed by atoms with van der Waals surface area (Å²) in [6, 6.07) is 8.31. The third-order valence-electron chi connectivity index (χ3n) is 3.31. The van der Waals surface area contributed by atoms with E-state index in [2.05, 4.69) is 15.6 Å². The highest BCUT2D eigenvalue weighted by atomic mass is 19.4. The maximum atomic E-state index is 12.9. The van der Waals surface area contributed by atoms with Crippen LogP contribution in [-0.4, -0.2) is 17.4 Å². The fourth-order valence-electron chi connectivity index (χ4n) is 2.05. The maximum Gasteiger partial charge on any atom is 0.417 e. The van der Waals surface area contributed by atoms with E-state index in [1.165, 1.54) is 12.1 Å². The summed E-state index contributed by atoms with van der Waals surface area (Å²) < 4.78 is 38.7. The number of hydrogen-bond acceptors (Lipinski definition) is 4. The summed E-state index contributed by atoms with van der Waals surface area (Å²) in [4.78, 5) is 15.8. The van der Waals surface area contributed by atoms with Gasteiger partial charge >= 0.3 is 6.18 Å². The Hall–Kier alpha value is -3.08. The topological polar surface area (TPSA) is 77.8 Å². The van der Waals surface area contributed by atoms with E-state index in [1.54, 1.807) is 18.3 Å². The molecule has 8 heteroatoms. The molecule has 0 atom stereocenters. The molecule has 130 valence electrons.